The molecule has 0 aromatic carbocycles. The Hall–Kier alpha value is -0.833. The average molecular weight is 264 g/mol. The largest absolute Gasteiger partial charge is 0.334 e. The minimum Gasteiger partial charge on any atom is -0.334 e. The number of nitrogens with zero attached hydrogens (tertiary/aromatic N) is 2. The Morgan fingerprint density at radius 2 is 2.00 bits per heavy atom. The molecule has 102 valence electrons. The molecule has 0 aliphatic heterocycles. The van der Waals surface area contributed by atoms with E-state index in [1.807, 2.05) is 12.4 Å². The molecule has 0 aliphatic rings. The van der Waals surface area contributed by atoms with Gasteiger partial charge in [-0.25, -0.2) is 4.98 Å². The zero-order valence-electron chi connectivity index (χ0n) is 12.7. The van der Waals surface area contributed by atoms with Crippen LogP contribution in [0, 0.1) is 0 Å². The van der Waals surface area contributed by atoms with Gasteiger partial charge in [0.1, 0.15) is 5.82 Å². The molecule has 0 fully saturated rings. The highest BCUT2D eigenvalue weighted by Crippen LogP contribution is 2.22. The molecule has 3 heteroatoms. The summed E-state index contributed by atoms with van der Waals surface area (Å²) in [5, 5.41) is 0. The molecule has 0 aliphatic carbocycles. The van der Waals surface area contributed by atoms with Gasteiger partial charge in [0.25, 0.3) is 0 Å². The molecule has 0 bridgehead atoms. The number of hydrogen-bond donors (Lipinski definition) is 0. The number of allylic oxidation sites excluding steroid dienone is 1. The maximum Gasteiger partial charge on any atom is 0.134 e. The van der Waals surface area contributed by atoms with E-state index >= 15 is 0 Å². The zero-order chi connectivity index (χ0) is 13.6. The summed E-state index contributed by atoms with van der Waals surface area (Å²) in [7, 11) is 0.906. The van der Waals surface area contributed by atoms with Gasteiger partial charge < -0.3 is 4.57 Å². The van der Waals surface area contributed by atoms with Crippen LogP contribution < -0.4 is 0 Å². The van der Waals surface area contributed by atoms with Crippen LogP contribution in [-0.2, 0) is 7.05 Å². The first kappa shape index (κ1) is 15.2. The first-order valence-corrected chi connectivity index (χ1v) is 10.7. The normalized spacial score (nSPS) is 13.1. The van der Waals surface area contributed by atoms with Crippen molar-refractivity contribution in [2.24, 2.45) is 7.05 Å². The molecule has 18 heavy (non-hydrogen) atoms. The Kier molecular flexibility index (Phi) is 5.86. The van der Waals surface area contributed by atoms with Gasteiger partial charge in [-0.05, 0) is 18.4 Å². The lowest BCUT2D eigenvalue weighted by molar-refractivity contribution is 0.676. The highest BCUT2D eigenvalue weighted by molar-refractivity contribution is 6.81. The van der Waals surface area contributed by atoms with Gasteiger partial charge in [0.2, 0.25) is 0 Å². The van der Waals surface area contributed by atoms with Crippen molar-refractivity contribution in [1.29, 1.82) is 0 Å². The van der Waals surface area contributed by atoms with Gasteiger partial charge in [-0.1, -0.05) is 51.5 Å². The Morgan fingerprint density at radius 1 is 1.28 bits per heavy atom. The maximum absolute atomic E-state index is 4.52. The van der Waals surface area contributed by atoms with Crippen LogP contribution in [0.3, 0.4) is 0 Å². The van der Waals surface area contributed by atoms with E-state index in [4.69, 9.17) is 0 Å². The number of aryl methyl sites for hydroxylation is 1. The lowest BCUT2D eigenvalue weighted by atomic mass is 10.1. The molecule has 0 unspecified atom stereocenters. The van der Waals surface area contributed by atoms with Gasteiger partial charge >= 0.3 is 0 Å². The van der Waals surface area contributed by atoms with Crippen LogP contribution in [0.15, 0.2) is 18.1 Å². The van der Waals surface area contributed by atoms with Crippen molar-refractivity contribution in [3.05, 3.63) is 23.9 Å². The molecule has 1 rings (SSSR count). The van der Waals surface area contributed by atoms with Crippen LogP contribution in [0.1, 0.15) is 44.9 Å². The smallest absolute Gasteiger partial charge is 0.134 e. The fourth-order valence-electron chi connectivity index (χ4n) is 2.19. The summed E-state index contributed by atoms with van der Waals surface area (Å²) in [6, 6.07) is 0. The minimum absolute atomic E-state index is 1.16. The molecule has 0 saturated carbocycles. The second-order valence-corrected chi connectivity index (χ2v) is 11.2. The standard InChI is InChI=1S/C15H28N2Si/c1-6-7-8-9-10-14(13-18(3,4)5)15-16-11-12-17(15)2/h11-13H,6-10H2,1-5H3/b14-13+. The van der Waals surface area contributed by atoms with E-state index in [1.54, 1.807) is 0 Å². The van der Waals surface area contributed by atoms with Gasteiger partial charge in [-0.2, -0.15) is 0 Å². The lowest BCUT2D eigenvalue weighted by Gasteiger charge is -2.15. The molecular weight excluding hydrogens is 236 g/mol. The van der Waals surface area contributed by atoms with Gasteiger partial charge in [0.15, 0.2) is 0 Å². The Labute approximate surface area is 113 Å². The maximum atomic E-state index is 4.52. The van der Waals surface area contributed by atoms with E-state index < -0.39 is 8.07 Å². The van der Waals surface area contributed by atoms with E-state index in [9.17, 15) is 0 Å². The van der Waals surface area contributed by atoms with Gasteiger partial charge in [0, 0.05) is 19.4 Å². The molecule has 0 spiro atoms. The number of imidazole rings is 1. The van der Waals surface area contributed by atoms with Crippen LogP contribution in [-0.4, -0.2) is 17.6 Å². The number of rotatable bonds is 7. The van der Waals surface area contributed by atoms with Crippen LogP contribution in [0.25, 0.3) is 5.57 Å². The molecule has 2 nitrogen and oxygen atoms in total. The molecule has 0 N–H and O–H groups in total. The van der Waals surface area contributed by atoms with Crippen molar-refractivity contribution in [1.82, 2.24) is 9.55 Å². The molecule has 0 saturated heterocycles. The molecule has 0 radical (unpaired) electrons. The molecule has 1 heterocycles. The molecular formula is C15H28N2Si. The van der Waals surface area contributed by atoms with Crippen LogP contribution in [0.2, 0.25) is 19.6 Å². The van der Waals surface area contributed by atoms with E-state index in [0.717, 1.165) is 5.82 Å². The monoisotopic (exact) mass is 264 g/mol. The first-order valence-electron chi connectivity index (χ1n) is 7.13. The minimum atomic E-state index is -1.18. The third kappa shape index (κ3) is 5.21. The van der Waals surface area contributed by atoms with E-state index in [1.165, 1.54) is 37.7 Å². The second kappa shape index (κ2) is 6.93. The van der Waals surface area contributed by atoms with E-state index in [0.29, 0.717) is 0 Å². The highest BCUT2D eigenvalue weighted by Gasteiger charge is 2.14. The van der Waals surface area contributed by atoms with Crippen molar-refractivity contribution in [3.8, 4) is 0 Å². The van der Waals surface area contributed by atoms with E-state index in [-0.39, 0.29) is 0 Å². The van der Waals surface area contributed by atoms with Crippen LogP contribution >= 0.6 is 0 Å². The number of hydrogen-bond acceptors (Lipinski definition) is 1. The lowest BCUT2D eigenvalue weighted by Crippen LogP contribution is -2.17. The van der Waals surface area contributed by atoms with Crippen molar-refractivity contribution in [2.75, 3.05) is 0 Å². The van der Waals surface area contributed by atoms with Crippen LogP contribution in [0.5, 0.6) is 0 Å². The fraction of sp³-hybridized carbons (Fsp3) is 0.667. The van der Waals surface area contributed by atoms with E-state index in [2.05, 4.69) is 48.9 Å². The SMILES string of the molecule is CCCCCC/C(=C\[Si](C)(C)C)c1nccn1C. The summed E-state index contributed by atoms with van der Waals surface area (Å²) in [5.74, 6) is 1.16. The summed E-state index contributed by atoms with van der Waals surface area (Å²) >= 11 is 0. The predicted molar refractivity (Wildman–Crippen MR) is 83.3 cm³/mol. The van der Waals surface area contributed by atoms with Gasteiger partial charge in [-0.3, -0.25) is 0 Å². The zero-order valence-corrected chi connectivity index (χ0v) is 13.7. The summed E-state index contributed by atoms with van der Waals surface area (Å²) in [5.41, 5.74) is 3.97. The topological polar surface area (TPSA) is 17.8 Å². The Bertz CT molecular complexity index is 385. The van der Waals surface area contributed by atoms with Crippen molar-refractivity contribution in [2.45, 2.75) is 58.7 Å². The average Bonchev–Trinajstić information content (AvgIpc) is 2.67. The van der Waals surface area contributed by atoms with Crippen molar-refractivity contribution < 1.29 is 0 Å². The first-order chi connectivity index (χ1) is 8.44. The van der Waals surface area contributed by atoms with Gasteiger partial charge in [-0.15, -0.1) is 0 Å². The number of unbranched alkanes of at least 4 members (excludes halogenated alkanes) is 3. The molecule has 0 atom stereocenters. The second-order valence-electron chi connectivity index (χ2n) is 6.21. The predicted octanol–water partition coefficient (Wildman–Crippen LogP) is 4.65. The highest BCUT2D eigenvalue weighted by atomic mass is 28.3. The Balaban J connectivity index is 2.77. The summed E-state index contributed by atoms with van der Waals surface area (Å²) in [6.45, 7) is 9.43. The summed E-state index contributed by atoms with van der Waals surface area (Å²) in [6.07, 6.45) is 10.4. The fourth-order valence-corrected chi connectivity index (χ4v) is 3.51. The quantitative estimate of drug-likeness (QED) is 0.518. The molecule has 1 aromatic rings. The number of aromatic nitrogens is 2. The van der Waals surface area contributed by atoms with Crippen molar-refractivity contribution >= 4 is 13.6 Å². The third-order valence-electron chi connectivity index (χ3n) is 3.02. The third-order valence-corrected chi connectivity index (χ3v) is 4.23. The van der Waals surface area contributed by atoms with Crippen LogP contribution in [0.4, 0.5) is 0 Å². The Morgan fingerprint density at radius 3 is 2.50 bits per heavy atom. The molecule has 0 amide bonds. The summed E-state index contributed by atoms with van der Waals surface area (Å²) < 4.78 is 2.14. The molecule has 1 aromatic heterocycles. The summed E-state index contributed by atoms with van der Waals surface area (Å²) in [4.78, 5) is 4.52. The van der Waals surface area contributed by atoms with Crippen molar-refractivity contribution in [3.63, 3.8) is 0 Å². The van der Waals surface area contributed by atoms with Gasteiger partial charge in [0.05, 0.1) is 8.07 Å².